The number of nitrogens with zero attached hydrogens (tertiary/aromatic N) is 2. The second-order valence-electron chi connectivity index (χ2n) is 6.51. The van der Waals surface area contributed by atoms with Crippen LogP contribution in [0.3, 0.4) is 0 Å². The van der Waals surface area contributed by atoms with Crippen molar-refractivity contribution in [2.75, 3.05) is 25.5 Å². The maximum absolute atomic E-state index is 12.5. The molecule has 5 nitrogen and oxygen atoms in total. The van der Waals surface area contributed by atoms with Crippen molar-refractivity contribution in [2.45, 2.75) is 13.3 Å². The summed E-state index contributed by atoms with van der Waals surface area (Å²) in [5.41, 5.74) is 2.96. The summed E-state index contributed by atoms with van der Waals surface area (Å²) < 4.78 is 5.02. The lowest BCUT2D eigenvalue weighted by atomic mass is 9.91. The Labute approximate surface area is 168 Å². The maximum Gasteiger partial charge on any atom is 0.321 e. The summed E-state index contributed by atoms with van der Waals surface area (Å²) >= 11 is 12.1. The van der Waals surface area contributed by atoms with E-state index in [0.717, 1.165) is 12.0 Å². The molecule has 2 amide bonds. The smallest absolute Gasteiger partial charge is 0.321 e. The number of urea groups is 1. The number of benzene rings is 1. The summed E-state index contributed by atoms with van der Waals surface area (Å²) in [7, 11) is 1.55. The Kier molecular flexibility index (Phi) is 6.24. The van der Waals surface area contributed by atoms with Crippen LogP contribution in [-0.2, 0) is 0 Å². The summed E-state index contributed by atoms with van der Waals surface area (Å²) in [5.74, 6) is 0.768. The van der Waals surface area contributed by atoms with Gasteiger partial charge in [-0.2, -0.15) is 0 Å². The molecule has 27 heavy (non-hydrogen) atoms. The molecule has 142 valence electrons. The van der Waals surface area contributed by atoms with E-state index in [4.69, 9.17) is 27.9 Å². The van der Waals surface area contributed by atoms with Crippen molar-refractivity contribution >= 4 is 41.0 Å². The second-order valence-corrected chi connectivity index (χ2v) is 7.32. The molecule has 1 saturated heterocycles. The molecule has 3 rings (SSSR count). The Bertz CT molecular complexity index is 853. The molecular weight excluding hydrogens is 385 g/mol. The fraction of sp³-hybridized carbons (Fsp3) is 0.300. The molecule has 1 aliphatic heterocycles. The first-order chi connectivity index (χ1) is 13.0. The second kappa shape index (κ2) is 8.63. The summed E-state index contributed by atoms with van der Waals surface area (Å²) in [4.78, 5) is 18.4. The van der Waals surface area contributed by atoms with Crippen molar-refractivity contribution in [1.82, 2.24) is 9.88 Å². The Morgan fingerprint density at radius 1 is 1.30 bits per heavy atom. The molecule has 1 aliphatic rings. The van der Waals surface area contributed by atoms with Crippen LogP contribution in [0, 0.1) is 5.92 Å². The summed E-state index contributed by atoms with van der Waals surface area (Å²) in [6.45, 7) is 3.44. The van der Waals surface area contributed by atoms with Gasteiger partial charge >= 0.3 is 6.03 Å². The van der Waals surface area contributed by atoms with Gasteiger partial charge < -0.3 is 15.0 Å². The molecule has 2 aromatic rings. The Hall–Kier alpha value is -2.24. The molecule has 1 aromatic carbocycles. The van der Waals surface area contributed by atoms with Gasteiger partial charge in [0, 0.05) is 19.2 Å². The third-order valence-corrected chi connectivity index (χ3v) is 5.32. The van der Waals surface area contributed by atoms with Crippen LogP contribution >= 0.6 is 23.2 Å². The van der Waals surface area contributed by atoms with Gasteiger partial charge in [0.1, 0.15) is 0 Å². The van der Waals surface area contributed by atoms with Crippen molar-refractivity contribution < 1.29 is 9.53 Å². The molecule has 1 N–H and O–H groups in total. The first-order valence-electron chi connectivity index (χ1n) is 8.67. The molecule has 0 saturated carbocycles. The number of amides is 2. The lowest BCUT2D eigenvalue weighted by Gasteiger charge is -2.33. The molecular formula is C20H21Cl2N3O2. The number of likely N-dealkylation sites (tertiary alicyclic amines) is 1. The number of carbonyl (C=O) groups excluding carboxylic acids is 1. The number of pyridine rings is 1. The number of hydrogen-bond donors (Lipinski definition) is 1. The van der Waals surface area contributed by atoms with Gasteiger partial charge in [-0.15, -0.1) is 0 Å². The van der Waals surface area contributed by atoms with Crippen LogP contribution in [0.1, 0.15) is 18.9 Å². The van der Waals surface area contributed by atoms with E-state index in [1.807, 2.05) is 17.0 Å². The highest BCUT2D eigenvalue weighted by Gasteiger charge is 2.24. The van der Waals surface area contributed by atoms with Crippen molar-refractivity contribution in [1.29, 1.82) is 0 Å². The molecule has 1 unspecified atom stereocenters. The van der Waals surface area contributed by atoms with Gasteiger partial charge in [0.15, 0.2) is 0 Å². The number of nitrogens with one attached hydrogen (secondary N) is 1. The largest absolute Gasteiger partial charge is 0.481 e. The topological polar surface area (TPSA) is 54.5 Å². The Morgan fingerprint density at radius 3 is 2.74 bits per heavy atom. The molecule has 0 bridgehead atoms. The lowest BCUT2D eigenvalue weighted by Crippen LogP contribution is -2.42. The minimum atomic E-state index is -0.123. The number of aromatic nitrogens is 1. The van der Waals surface area contributed by atoms with Gasteiger partial charge in [-0.3, -0.25) is 0 Å². The number of ether oxygens (including phenoxy) is 1. The molecule has 0 spiro atoms. The monoisotopic (exact) mass is 405 g/mol. The summed E-state index contributed by atoms with van der Waals surface area (Å²) in [5, 5.41) is 3.97. The van der Waals surface area contributed by atoms with Crippen molar-refractivity contribution in [3.8, 4) is 5.88 Å². The van der Waals surface area contributed by atoms with E-state index in [0.29, 0.717) is 34.7 Å². The molecule has 2 heterocycles. The van der Waals surface area contributed by atoms with Crippen LogP contribution < -0.4 is 10.1 Å². The van der Waals surface area contributed by atoms with Gasteiger partial charge in [-0.25, -0.2) is 9.78 Å². The van der Waals surface area contributed by atoms with E-state index in [2.05, 4.69) is 23.3 Å². The highest BCUT2D eigenvalue weighted by atomic mass is 35.5. The SMILES string of the molecule is COc1ccc(NC(=O)N2CCC(=Cc3ccc(Cl)c(Cl)c3)C(C)C2)cn1. The first kappa shape index (κ1) is 19.5. The average Bonchev–Trinajstić information content (AvgIpc) is 2.67. The summed E-state index contributed by atoms with van der Waals surface area (Å²) in [6, 6.07) is 8.97. The molecule has 0 radical (unpaired) electrons. The van der Waals surface area contributed by atoms with Crippen LogP contribution in [0.15, 0.2) is 42.1 Å². The molecule has 1 fully saturated rings. The number of methoxy groups -OCH3 is 1. The van der Waals surface area contributed by atoms with E-state index in [1.165, 1.54) is 5.57 Å². The van der Waals surface area contributed by atoms with Crippen LogP contribution in [0.4, 0.5) is 10.5 Å². The third-order valence-electron chi connectivity index (χ3n) is 4.58. The zero-order valence-electron chi connectivity index (χ0n) is 15.2. The highest BCUT2D eigenvalue weighted by molar-refractivity contribution is 6.42. The summed E-state index contributed by atoms with van der Waals surface area (Å²) in [6.07, 6.45) is 4.53. The quantitative estimate of drug-likeness (QED) is 0.747. The molecule has 1 aromatic heterocycles. The van der Waals surface area contributed by atoms with Crippen molar-refractivity contribution in [2.24, 2.45) is 5.92 Å². The Morgan fingerprint density at radius 2 is 2.11 bits per heavy atom. The van der Waals surface area contributed by atoms with E-state index in [-0.39, 0.29) is 11.9 Å². The van der Waals surface area contributed by atoms with Crippen LogP contribution in [0.25, 0.3) is 6.08 Å². The predicted octanol–water partition coefficient (Wildman–Crippen LogP) is 5.35. The molecule has 7 heteroatoms. The number of rotatable bonds is 3. The normalized spacial score (nSPS) is 18.4. The number of hydrogen-bond acceptors (Lipinski definition) is 3. The van der Waals surface area contributed by atoms with Crippen LogP contribution in [0.5, 0.6) is 5.88 Å². The van der Waals surface area contributed by atoms with Crippen LogP contribution in [0.2, 0.25) is 10.0 Å². The van der Waals surface area contributed by atoms with Gasteiger partial charge in [0.2, 0.25) is 5.88 Å². The van der Waals surface area contributed by atoms with Gasteiger partial charge in [0.05, 0.1) is 29.0 Å². The number of piperidine rings is 1. The van der Waals surface area contributed by atoms with E-state index < -0.39 is 0 Å². The minimum Gasteiger partial charge on any atom is -0.481 e. The molecule has 1 atom stereocenters. The van der Waals surface area contributed by atoms with Gasteiger partial charge in [-0.1, -0.05) is 47.8 Å². The van der Waals surface area contributed by atoms with Gasteiger partial charge in [-0.05, 0) is 36.1 Å². The number of halogens is 2. The fourth-order valence-electron chi connectivity index (χ4n) is 3.04. The maximum atomic E-state index is 12.5. The minimum absolute atomic E-state index is 0.123. The number of carbonyl (C=O) groups is 1. The lowest BCUT2D eigenvalue weighted by molar-refractivity contribution is 0.198. The average molecular weight is 406 g/mol. The third kappa shape index (κ3) is 4.93. The standard InChI is InChI=1S/C20H21Cl2N3O2/c1-13-12-25(20(26)24-16-4-6-19(27-2)23-11-16)8-7-15(13)9-14-3-5-17(21)18(22)10-14/h3-6,9-11,13H,7-8,12H2,1-2H3,(H,24,26). The first-order valence-corrected chi connectivity index (χ1v) is 9.43. The van der Waals surface area contributed by atoms with Crippen LogP contribution in [-0.4, -0.2) is 36.1 Å². The predicted molar refractivity (Wildman–Crippen MR) is 110 cm³/mol. The highest BCUT2D eigenvalue weighted by Crippen LogP contribution is 2.28. The van der Waals surface area contributed by atoms with E-state index in [1.54, 1.807) is 31.5 Å². The zero-order chi connectivity index (χ0) is 19.4. The fourth-order valence-corrected chi connectivity index (χ4v) is 3.35. The van der Waals surface area contributed by atoms with Crippen molar-refractivity contribution in [3.05, 3.63) is 57.7 Å². The van der Waals surface area contributed by atoms with E-state index in [9.17, 15) is 4.79 Å². The Balaban J connectivity index is 1.62. The molecule has 0 aliphatic carbocycles. The van der Waals surface area contributed by atoms with Gasteiger partial charge in [0.25, 0.3) is 0 Å². The van der Waals surface area contributed by atoms with E-state index >= 15 is 0 Å². The number of anilines is 1. The van der Waals surface area contributed by atoms with Crippen molar-refractivity contribution in [3.63, 3.8) is 0 Å². The zero-order valence-corrected chi connectivity index (χ0v) is 16.7.